The fourth-order valence-corrected chi connectivity index (χ4v) is 4.26. The molecule has 2 aromatic rings. The largest absolute Gasteiger partial charge is 0.362 e. The molecule has 1 aliphatic heterocycles. The highest BCUT2D eigenvalue weighted by Crippen LogP contribution is 2.20. The van der Waals surface area contributed by atoms with Crippen LogP contribution in [-0.2, 0) is 14.8 Å². The number of hydrogen-bond donors (Lipinski definition) is 2. The Morgan fingerprint density at radius 3 is 2.62 bits per heavy atom. The van der Waals surface area contributed by atoms with E-state index < -0.39 is 33.5 Å². The normalized spacial score (nSPS) is 15.1. The molecule has 2 amide bonds. The first-order chi connectivity index (χ1) is 15.2. The number of halogens is 2. The van der Waals surface area contributed by atoms with Gasteiger partial charge in [0.2, 0.25) is 5.91 Å². The molecule has 3 rings (SSSR count). The minimum absolute atomic E-state index is 0.0526. The third kappa shape index (κ3) is 5.88. The summed E-state index contributed by atoms with van der Waals surface area (Å²) < 4.78 is 55.6. The minimum Gasteiger partial charge on any atom is -0.362 e. The van der Waals surface area contributed by atoms with Crippen LogP contribution in [0.3, 0.4) is 0 Å². The van der Waals surface area contributed by atoms with Crippen molar-refractivity contribution in [2.45, 2.75) is 24.2 Å². The van der Waals surface area contributed by atoms with Gasteiger partial charge in [-0.3, -0.25) is 9.59 Å². The van der Waals surface area contributed by atoms with E-state index in [0.29, 0.717) is 18.3 Å². The van der Waals surface area contributed by atoms with E-state index in [9.17, 15) is 26.8 Å². The van der Waals surface area contributed by atoms with Crippen LogP contribution in [0.4, 0.5) is 14.5 Å². The van der Waals surface area contributed by atoms with Gasteiger partial charge < -0.3 is 15.5 Å². The molecule has 0 radical (unpaired) electrons. The fourth-order valence-electron chi connectivity index (χ4n) is 3.12. The molecule has 1 aliphatic rings. The number of anilines is 1. The first-order valence-electron chi connectivity index (χ1n) is 9.84. The van der Waals surface area contributed by atoms with Crippen molar-refractivity contribution in [2.24, 2.45) is 4.40 Å². The zero-order valence-corrected chi connectivity index (χ0v) is 18.1. The second-order valence-electron chi connectivity index (χ2n) is 7.21. The Kier molecular flexibility index (Phi) is 7.18. The summed E-state index contributed by atoms with van der Waals surface area (Å²) in [5.74, 6) is -2.57. The number of carbonyl (C=O) groups is 2. The third-order valence-corrected chi connectivity index (χ3v) is 6.09. The van der Waals surface area contributed by atoms with Crippen LogP contribution in [0, 0.1) is 11.6 Å². The molecular weight excluding hydrogens is 442 g/mol. The van der Waals surface area contributed by atoms with Crippen molar-refractivity contribution in [2.75, 3.05) is 25.5 Å². The smallest absolute Gasteiger partial charge is 0.284 e. The lowest BCUT2D eigenvalue weighted by Gasteiger charge is -2.11. The van der Waals surface area contributed by atoms with E-state index in [1.54, 1.807) is 11.9 Å². The van der Waals surface area contributed by atoms with Gasteiger partial charge in [0.15, 0.2) is 0 Å². The molecule has 0 atom stereocenters. The Morgan fingerprint density at radius 2 is 1.94 bits per heavy atom. The molecule has 0 bridgehead atoms. The summed E-state index contributed by atoms with van der Waals surface area (Å²) in [6.07, 6.45) is 1.28. The number of sulfonamides is 1. The van der Waals surface area contributed by atoms with Crippen LogP contribution in [0.5, 0.6) is 0 Å². The van der Waals surface area contributed by atoms with E-state index in [-0.39, 0.29) is 29.1 Å². The van der Waals surface area contributed by atoms with E-state index in [4.69, 9.17) is 0 Å². The van der Waals surface area contributed by atoms with Gasteiger partial charge in [0.25, 0.3) is 15.9 Å². The molecule has 2 N–H and O–H groups in total. The van der Waals surface area contributed by atoms with E-state index in [0.717, 1.165) is 25.1 Å². The monoisotopic (exact) mass is 464 g/mol. The lowest BCUT2D eigenvalue weighted by Crippen LogP contribution is -2.28. The van der Waals surface area contributed by atoms with Gasteiger partial charge >= 0.3 is 0 Å². The number of likely N-dealkylation sites (tertiary alicyclic amines) is 1. The Bertz CT molecular complexity index is 1170. The summed E-state index contributed by atoms with van der Waals surface area (Å²) in [4.78, 5) is 25.8. The third-order valence-electron chi connectivity index (χ3n) is 4.79. The lowest BCUT2D eigenvalue weighted by atomic mass is 10.2. The average Bonchev–Trinajstić information content (AvgIpc) is 3.12. The quantitative estimate of drug-likeness (QED) is 0.655. The maximum absolute atomic E-state index is 13.6. The van der Waals surface area contributed by atoms with E-state index in [2.05, 4.69) is 15.0 Å². The van der Waals surface area contributed by atoms with Gasteiger partial charge in [0.05, 0.1) is 10.5 Å². The summed E-state index contributed by atoms with van der Waals surface area (Å²) in [6.45, 7) is 0.647. The van der Waals surface area contributed by atoms with Crippen molar-refractivity contribution >= 4 is 33.4 Å². The number of nitrogens with zero attached hydrogens (tertiary/aromatic N) is 2. The Hall–Kier alpha value is -3.34. The second kappa shape index (κ2) is 9.86. The predicted octanol–water partition coefficient (Wildman–Crippen LogP) is 2.54. The summed E-state index contributed by atoms with van der Waals surface area (Å²) in [6, 6.07) is 8.27. The molecule has 8 nitrogen and oxygen atoms in total. The van der Waals surface area contributed by atoms with Gasteiger partial charge in [-0.2, -0.15) is 8.42 Å². The Balaban J connectivity index is 1.57. The molecule has 2 aromatic carbocycles. The number of amidine groups is 1. The van der Waals surface area contributed by atoms with Crippen molar-refractivity contribution in [3.8, 4) is 0 Å². The molecule has 32 heavy (non-hydrogen) atoms. The van der Waals surface area contributed by atoms with Gasteiger partial charge in [-0.25, -0.2) is 8.78 Å². The second-order valence-corrected chi connectivity index (χ2v) is 8.82. The van der Waals surface area contributed by atoms with Crippen molar-refractivity contribution in [1.82, 2.24) is 10.2 Å². The zero-order chi connectivity index (χ0) is 23.3. The molecule has 1 fully saturated rings. The average molecular weight is 464 g/mol. The number of benzene rings is 2. The van der Waals surface area contributed by atoms with Crippen LogP contribution in [0.25, 0.3) is 0 Å². The molecule has 0 unspecified atom stereocenters. The zero-order valence-electron chi connectivity index (χ0n) is 17.3. The van der Waals surface area contributed by atoms with Gasteiger partial charge in [-0.15, -0.1) is 4.40 Å². The number of nitrogens with one attached hydrogen (secondary N) is 2. The lowest BCUT2D eigenvalue weighted by molar-refractivity contribution is -0.116. The summed E-state index contributed by atoms with van der Waals surface area (Å²) in [7, 11) is -2.15. The van der Waals surface area contributed by atoms with Crippen molar-refractivity contribution in [3.05, 3.63) is 59.7 Å². The Labute approximate surface area is 184 Å². The minimum atomic E-state index is -3.93. The first kappa shape index (κ1) is 23.3. The van der Waals surface area contributed by atoms with Gasteiger partial charge in [-0.1, -0.05) is 6.07 Å². The predicted molar refractivity (Wildman–Crippen MR) is 115 cm³/mol. The Morgan fingerprint density at radius 1 is 1.16 bits per heavy atom. The first-order valence-corrected chi connectivity index (χ1v) is 11.3. The van der Waals surface area contributed by atoms with Crippen LogP contribution < -0.4 is 10.6 Å². The highest BCUT2D eigenvalue weighted by molar-refractivity contribution is 7.90. The SMILES string of the molecule is CN1CCCC1=NS(=O)(=O)c1cccc(NC(=O)CCNC(=O)c2ccc(F)cc2F)c1. The molecule has 0 aromatic heterocycles. The molecule has 1 heterocycles. The topological polar surface area (TPSA) is 108 Å². The number of hydrogen-bond acceptors (Lipinski definition) is 4. The fraction of sp³-hybridized carbons (Fsp3) is 0.286. The summed E-state index contributed by atoms with van der Waals surface area (Å²) in [5.41, 5.74) is -0.0776. The molecule has 0 spiro atoms. The van der Waals surface area contributed by atoms with Gasteiger partial charge in [0, 0.05) is 44.7 Å². The van der Waals surface area contributed by atoms with Crippen molar-refractivity contribution in [1.29, 1.82) is 0 Å². The maximum atomic E-state index is 13.6. The highest BCUT2D eigenvalue weighted by Gasteiger charge is 2.20. The van der Waals surface area contributed by atoms with Crippen LogP contribution in [0.2, 0.25) is 0 Å². The van der Waals surface area contributed by atoms with Crippen molar-refractivity contribution < 1.29 is 26.8 Å². The van der Waals surface area contributed by atoms with Crippen LogP contribution in [0.1, 0.15) is 29.6 Å². The van der Waals surface area contributed by atoms with E-state index in [1.807, 2.05) is 0 Å². The number of rotatable bonds is 7. The maximum Gasteiger partial charge on any atom is 0.284 e. The van der Waals surface area contributed by atoms with Gasteiger partial charge in [-0.05, 0) is 36.8 Å². The van der Waals surface area contributed by atoms with Crippen LogP contribution >= 0.6 is 0 Å². The molecular formula is C21H22F2N4O4S. The molecule has 170 valence electrons. The number of amides is 2. The molecule has 11 heteroatoms. The summed E-state index contributed by atoms with van der Waals surface area (Å²) in [5, 5.41) is 4.93. The summed E-state index contributed by atoms with van der Waals surface area (Å²) >= 11 is 0. The molecule has 1 saturated heterocycles. The standard InChI is InChI=1S/C21H22F2N4O4S/c1-27-11-3-6-19(27)26-32(30,31)16-5-2-4-15(13-16)25-20(28)9-10-24-21(29)17-8-7-14(22)12-18(17)23/h2,4-5,7-8,12-13H,3,6,9-11H2,1H3,(H,24,29)(H,25,28). The highest BCUT2D eigenvalue weighted by atomic mass is 32.2. The van der Waals surface area contributed by atoms with E-state index in [1.165, 1.54) is 24.3 Å². The molecule has 0 aliphatic carbocycles. The van der Waals surface area contributed by atoms with Crippen molar-refractivity contribution in [3.63, 3.8) is 0 Å². The molecule has 0 saturated carbocycles. The number of carbonyl (C=O) groups excluding carboxylic acids is 2. The van der Waals surface area contributed by atoms with Crippen LogP contribution in [-0.4, -0.2) is 51.1 Å². The van der Waals surface area contributed by atoms with Gasteiger partial charge in [0.1, 0.15) is 17.5 Å². The van der Waals surface area contributed by atoms with E-state index >= 15 is 0 Å². The van der Waals surface area contributed by atoms with Crippen LogP contribution in [0.15, 0.2) is 51.8 Å².